The zero-order valence-electron chi connectivity index (χ0n) is 16.6. The van der Waals surface area contributed by atoms with Gasteiger partial charge in [-0.1, -0.05) is 60.7 Å². The van der Waals surface area contributed by atoms with Gasteiger partial charge in [-0.15, -0.1) is 0 Å². The van der Waals surface area contributed by atoms with E-state index in [1.54, 1.807) is 66.7 Å². The molecule has 4 aromatic rings. The van der Waals surface area contributed by atoms with Crippen LogP contribution in [-0.2, 0) is 6.18 Å². The lowest BCUT2D eigenvalue weighted by atomic mass is 10.1. The highest BCUT2D eigenvalue weighted by molar-refractivity contribution is 5.75. The lowest BCUT2D eigenvalue weighted by molar-refractivity contribution is -0.394. The Bertz CT molecular complexity index is 1320. The van der Waals surface area contributed by atoms with Crippen molar-refractivity contribution >= 4 is 11.4 Å². The Hall–Kier alpha value is -4.54. The highest BCUT2D eigenvalue weighted by atomic mass is 19.4. The Morgan fingerprint density at radius 2 is 1.24 bits per heavy atom. The fraction of sp³-hybridized carbons (Fsp3) is 0.0455. The van der Waals surface area contributed by atoms with Crippen molar-refractivity contribution in [1.29, 1.82) is 0 Å². The Labute approximate surface area is 183 Å². The van der Waals surface area contributed by atoms with Gasteiger partial charge < -0.3 is 0 Å². The van der Waals surface area contributed by atoms with Crippen LogP contribution in [0.15, 0.2) is 78.9 Å². The maximum atomic E-state index is 13.3. The fourth-order valence-electron chi connectivity index (χ4n) is 3.38. The first-order valence-electron chi connectivity index (χ1n) is 9.42. The highest BCUT2D eigenvalue weighted by Gasteiger charge is 2.39. The quantitative estimate of drug-likeness (QED) is 0.270. The van der Waals surface area contributed by atoms with Crippen LogP contribution in [0.1, 0.15) is 5.56 Å². The normalized spacial score (nSPS) is 11.4. The molecule has 0 radical (unpaired) electrons. The number of aromatic nitrogens is 2. The molecule has 0 amide bonds. The summed E-state index contributed by atoms with van der Waals surface area (Å²) >= 11 is 0. The van der Waals surface area contributed by atoms with Gasteiger partial charge in [-0.05, 0) is 6.07 Å². The number of nitrogens with zero attached hydrogens (tertiary/aromatic N) is 4. The van der Waals surface area contributed by atoms with E-state index >= 15 is 0 Å². The van der Waals surface area contributed by atoms with Gasteiger partial charge in [-0.3, -0.25) is 20.2 Å². The smallest absolute Gasteiger partial charge is 0.258 e. The molecule has 8 nitrogen and oxygen atoms in total. The van der Waals surface area contributed by atoms with Crippen molar-refractivity contribution in [3.63, 3.8) is 0 Å². The van der Waals surface area contributed by atoms with Crippen LogP contribution < -0.4 is 0 Å². The number of alkyl halides is 3. The second-order valence-corrected chi connectivity index (χ2v) is 6.93. The van der Waals surface area contributed by atoms with Crippen molar-refractivity contribution in [2.75, 3.05) is 0 Å². The van der Waals surface area contributed by atoms with Crippen LogP contribution in [0.4, 0.5) is 24.5 Å². The van der Waals surface area contributed by atoms with Gasteiger partial charge in [0, 0.05) is 23.3 Å². The van der Waals surface area contributed by atoms with E-state index in [1.807, 2.05) is 0 Å². The molecule has 0 fully saturated rings. The molecule has 0 aliphatic carbocycles. The third kappa shape index (κ3) is 4.15. The minimum Gasteiger partial charge on any atom is -0.258 e. The second kappa shape index (κ2) is 8.19. The van der Waals surface area contributed by atoms with Gasteiger partial charge in [-0.25, -0.2) is 4.68 Å². The monoisotopic (exact) mass is 454 g/mol. The molecule has 0 atom stereocenters. The van der Waals surface area contributed by atoms with E-state index in [-0.39, 0.29) is 17.8 Å². The van der Waals surface area contributed by atoms with Crippen molar-refractivity contribution in [1.82, 2.24) is 9.78 Å². The maximum Gasteiger partial charge on any atom is 0.416 e. The topological polar surface area (TPSA) is 104 Å². The molecule has 0 spiro atoms. The molecule has 4 rings (SSSR count). The van der Waals surface area contributed by atoms with E-state index in [0.717, 1.165) is 4.68 Å². The summed E-state index contributed by atoms with van der Waals surface area (Å²) in [5.41, 5.74) is -2.65. The lowest BCUT2D eigenvalue weighted by Crippen LogP contribution is -2.12. The molecule has 1 heterocycles. The largest absolute Gasteiger partial charge is 0.416 e. The summed E-state index contributed by atoms with van der Waals surface area (Å²) in [5, 5.41) is 27.8. The van der Waals surface area contributed by atoms with Crippen LogP contribution in [0.25, 0.3) is 28.2 Å². The Morgan fingerprint density at radius 3 is 1.70 bits per heavy atom. The minimum absolute atomic E-state index is 0.236. The van der Waals surface area contributed by atoms with Gasteiger partial charge in [0.05, 0.1) is 26.8 Å². The number of nitro groups is 2. The van der Waals surface area contributed by atoms with Gasteiger partial charge in [0.25, 0.3) is 0 Å². The van der Waals surface area contributed by atoms with E-state index < -0.39 is 38.6 Å². The van der Waals surface area contributed by atoms with E-state index in [9.17, 15) is 33.4 Å². The van der Waals surface area contributed by atoms with Crippen LogP contribution in [0.5, 0.6) is 0 Å². The standard InChI is InChI=1S/C22H13F3N4O4/c23-22(24,25)16-11-19(28(30)31)21(20(12-16)29(32)33)27-18(15-9-5-2-6-10-15)13-17(26-27)14-7-3-1-4-8-14/h1-13H. The molecule has 0 unspecified atom stereocenters. The Kier molecular flexibility index (Phi) is 5.38. The zero-order chi connectivity index (χ0) is 23.8. The van der Waals surface area contributed by atoms with Gasteiger partial charge in [0.1, 0.15) is 0 Å². The zero-order valence-corrected chi connectivity index (χ0v) is 16.6. The van der Waals surface area contributed by atoms with Crippen LogP contribution in [-0.4, -0.2) is 19.6 Å². The maximum absolute atomic E-state index is 13.3. The van der Waals surface area contributed by atoms with E-state index in [4.69, 9.17) is 0 Å². The fourth-order valence-corrected chi connectivity index (χ4v) is 3.38. The van der Waals surface area contributed by atoms with Crippen molar-refractivity contribution in [2.24, 2.45) is 0 Å². The van der Waals surface area contributed by atoms with Crippen molar-refractivity contribution in [3.8, 4) is 28.2 Å². The van der Waals surface area contributed by atoms with E-state index in [2.05, 4.69) is 5.10 Å². The van der Waals surface area contributed by atoms with Crippen molar-refractivity contribution in [3.05, 3.63) is 105 Å². The Morgan fingerprint density at radius 1 is 0.758 bits per heavy atom. The summed E-state index contributed by atoms with van der Waals surface area (Å²) < 4.78 is 40.9. The number of hydrogen-bond acceptors (Lipinski definition) is 5. The highest BCUT2D eigenvalue weighted by Crippen LogP contribution is 2.42. The summed E-state index contributed by atoms with van der Waals surface area (Å²) in [6.45, 7) is 0. The van der Waals surface area contributed by atoms with Crippen molar-refractivity contribution < 1.29 is 23.0 Å². The summed E-state index contributed by atoms with van der Waals surface area (Å²) in [4.78, 5) is 21.3. The number of halogens is 3. The van der Waals surface area contributed by atoms with Gasteiger partial charge in [0.15, 0.2) is 0 Å². The number of benzene rings is 3. The van der Waals surface area contributed by atoms with Crippen LogP contribution in [0, 0.1) is 20.2 Å². The molecule has 0 saturated heterocycles. The molecular weight excluding hydrogens is 441 g/mol. The summed E-state index contributed by atoms with van der Waals surface area (Å²) in [7, 11) is 0. The average molecular weight is 454 g/mol. The van der Waals surface area contributed by atoms with Crippen LogP contribution in [0.3, 0.4) is 0 Å². The summed E-state index contributed by atoms with van der Waals surface area (Å²) in [6, 6.07) is 19.2. The van der Waals surface area contributed by atoms with Crippen LogP contribution >= 0.6 is 0 Å². The average Bonchev–Trinajstić information content (AvgIpc) is 3.24. The molecule has 33 heavy (non-hydrogen) atoms. The first-order chi connectivity index (χ1) is 15.7. The van der Waals surface area contributed by atoms with E-state index in [0.29, 0.717) is 16.8 Å². The van der Waals surface area contributed by atoms with Gasteiger partial charge >= 0.3 is 17.6 Å². The summed E-state index contributed by atoms with van der Waals surface area (Å²) in [6.07, 6.45) is -5.02. The molecule has 0 aliphatic rings. The molecule has 0 N–H and O–H groups in total. The lowest BCUT2D eigenvalue weighted by Gasteiger charge is -2.12. The molecule has 11 heteroatoms. The molecule has 1 aromatic heterocycles. The van der Waals surface area contributed by atoms with Crippen molar-refractivity contribution in [2.45, 2.75) is 6.18 Å². The SMILES string of the molecule is O=[N+]([O-])c1cc(C(F)(F)F)cc([N+](=O)[O-])c1-n1nc(-c2ccccc2)cc1-c1ccccc1. The van der Waals surface area contributed by atoms with Crippen LogP contribution in [0.2, 0.25) is 0 Å². The molecule has 3 aromatic carbocycles. The predicted octanol–water partition coefficient (Wildman–Crippen LogP) is 6.04. The Balaban J connectivity index is 2.09. The van der Waals surface area contributed by atoms with Gasteiger partial charge in [0.2, 0.25) is 5.69 Å². The first kappa shape index (κ1) is 21.7. The third-order valence-electron chi connectivity index (χ3n) is 4.85. The molecule has 166 valence electrons. The van der Waals surface area contributed by atoms with E-state index in [1.165, 1.54) is 0 Å². The molecular formula is C22H13F3N4O4. The number of rotatable bonds is 5. The molecule has 0 aliphatic heterocycles. The minimum atomic E-state index is -5.02. The first-order valence-corrected chi connectivity index (χ1v) is 9.42. The summed E-state index contributed by atoms with van der Waals surface area (Å²) in [5.74, 6) is 0. The molecule has 0 saturated carbocycles. The third-order valence-corrected chi connectivity index (χ3v) is 4.85. The number of nitro benzene ring substituents is 2. The second-order valence-electron chi connectivity index (χ2n) is 6.93. The van der Waals surface area contributed by atoms with Gasteiger partial charge in [-0.2, -0.15) is 18.3 Å². The number of hydrogen-bond donors (Lipinski definition) is 0. The molecule has 0 bridgehead atoms. The predicted molar refractivity (Wildman–Crippen MR) is 113 cm³/mol.